The number of carbonyl (C=O) groups excluding carboxylic acids is 1. The van der Waals surface area contributed by atoms with E-state index in [1.54, 1.807) is 0 Å². The van der Waals surface area contributed by atoms with Crippen LogP contribution in [0, 0.1) is 11.8 Å². The molecule has 1 saturated heterocycles. The van der Waals surface area contributed by atoms with Gasteiger partial charge in [0.15, 0.2) is 0 Å². The third-order valence-electron chi connectivity index (χ3n) is 3.71. The number of hydrogen-bond donors (Lipinski definition) is 2. The number of piperidine rings is 1. The molecule has 1 atom stereocenters. The summed E-state index contributed by atoms with van der Waals surface area (Å²) < 4.78 is 0. The van der Waals surface area contributed by atoms with Gasteiger partial charge in [0.25, 0.3) is 0 Å². The van der Waals surface area contributed by atoms with Crippen LogP contribution in [-0.4, -0.2) is 29.2 Å². The largest absolute Gasteiger partial charge is 0.317 e. The van der Waals surface area contributed by atoms with Gasteiger partial charge in [0.05, 0.1) is 0 Å². The second-order valence-electron chi connectivity index (χ2n) is 5.17. The Bertz CT molecular complexity index is 415. The van der Waals surface area contributed by atoms with Crippen molar-refractivity contribution < 1.29 is 4.79 Å². The molecule has 2 N–H and O–H groups in total. The average molecular weight is 282 g/mol. The van der Waals surface area contributed by atoms with Crippen molar-refractivity contribution in [2.75, 3.05) is 18.4 Å². The Morgan fingerprint density at radius 3 is 2.84 bits per heavy atom. The molecule has 2 heterocycles. The van der Waals surface area contributed by atoms with Gasteiger partial charge >= 0.3 is 0 Å². The topological polar surface area (TPSA) is 66.9 Å². The molecular formula is C13H22N4OS. The minimum Gasteiger partial charge on any atom is -0.317 e. The van der Waals surface area contributed by atoms with Crippen molar-refractivity contribution >= 4 is 22.4 Å². The van der Waals surface area contributed by atoms with Gasteiger partial charge in [-0.25, -0.2) is 0 Å². The van der Waals surface area contributed by atoms with E-state index in [0.717, 1.165) is 24.5 Å². The van der Waals surface area contributed by atoms with E-state index in [2.05, 4.69) is 27.8 Å². The lowest BCUT2D eigenvalue weighted by Crippen LogP contribution is -2.32. The molecule has 0 radical (unpaired) electrons. The predicted molar refractivity (Wildman–Crippen MR) is 77.3 cm³/mol. The van der Waals surface area contributed by atoms with E-state index < -0.39 is 0 Å². The molecule has 2 rings (SSSR count). The SMILES string of the molecule is CCc1nnc(NC(=O)CC(C)C2CCNCC2)s1. The number of nitrogens with one attached hydrogen (secondary N) is 2. The summed E-state index contributed by atoms with van der Waals surface area (Å²) in [6.45, 7) is 6.36. The summed E-state index contributed by atoms with van der Waals surface area (Å²) in [5.74, 6) is 1.15. The molecule has 1 fully saturated rings. The van der Waals surface area contributed by atoms with Crippen molar-refractivity contribution in [2.45, 2.75) is 39.5 Å². The highest BCUT2D eigenvalue weighted by molar-refractivity contribution is 7.15. The molecule has 1 unspecified atom stereocenters. The number of aryl methyl sites for hydroxylation is 1. The number of hydrogen-bond acceptors (Lipinski definition) is 5. The zero-order valence-electron chi connectivity index (χ0n) is 11.6. The number of carbonyl (C=O) groups is 1. The molecule has 1 aromatic heterocycles. The zero-order valence-corrected chi connectivity index (χ0v) is 12.4. The van der Waals surface area contributed by atoms with Crippen molar-refractivity contribution in [1.82, 2.24) is 15.5 Å². The highest BCUT2D eigenvalue weighted by Crippen LogP contribution is 2.25. The molecule has 5 nitrogen and oxygen atoms in total. The fourth-order valence-corrected chi connectivity index (χ4v) is 3.19. The van der Waals surface area contributed by atoms with E-state index in [1.807, 2.05) is 6.92 Å². The van der Waals surface area contributed by atoms with Crippen LogP contribution in [0.4, 0.5) is 5.13 Å². The Morgan fingerprint density at radius 2 is 2.21 bits per heavy atom. The van der Waals surface area contributed by atoms with Crippen LogP contribution in [0.1, 0.15) is 38.1 Å². The van der Waals surface area contributed by atoms with E-state index in [0.29, 0.717) is 23.4 Å². The molecule has 1 aliphatic heterocycles. The minimum absolute atomic E-state index is 0.0600. The van der Waals surface area contributed by atoms with Crippen molar-refractivity contribution in [3.8, 4) is 0 Å². The van der Waals surface area contributed by atoms with E-state index in [4.69, 9.17) is 0 Å². The second kappa shape index (κ2) is 6.96. The molecule has 6 heteroatoms. The van der Waals surface area contributed by atoms with Crippen LogP contribution < -0.4 is 10.6 Å². The minimum atomic E-state index is 0.0600. The first-order valence-electron chi connectivity index (χ1n) is 7.02. The molecule has 1 amide bonds. The van der Waals surface area contributed by atoms with E-state index in [-0.39, 0.29) is 5.91 Å². The first kappa shape index (κ1) is 14.4. The van der Waals surface area contributed by atoms with Gasteiger partial charge in [-0.3, -0.25) is 4.79 Å². The summed E-state index contributed by atoms with van der Waals surface area (Å²) >= 11 is 1.46. The normalized spacial score (nSPS) is 18.2. The maximum absolute atomic E-state index is 12.0. The fourth-order valence-electron chi connectivity index (χ4n) is 2.49. The van der Waals surface area contributed by atoms with Gasteiger partial charge in [-0.2, -0.15) is 0 Å². The lowest BCUT2D eigenvalue weighted by atomic mass is 9.84. The van der Waals surface area contributed by atoms with Crippen LogP contribution in [-0.2, 0) is 11.2 Å². The Hall–Kier alpha value is -1.01. The smallest absolute Gasteiger partial charge is 0.226 e. The number of anilines is 1. The van der Waals surface area contributed by atoms with Crippen LogP contribution >= 0.6 is 11.3 Å². The highest BCUT2D eigenvalue weighted by atomic mass is 32.1. The fraction of sp³-hybridized carbons (Fsp3) is 0.769. The standard InChI is InChI=1S/C13H22N4OS/c1-3-12-16-17-13(19-12)15-11(18)8-9(2)10-4-6-14-7-5-10/h9-10,14H,3-8H2,1-2H3,(H,15,17,18). The summed E-state index contributed by atoms with van der Waals surface area (Å²) in [4.78, 5) is 12.0. The Labute approximate surface area is 118 Å². The molecule has 0 saturated carbocycles. The van der Waals surface area contributed by atoms with E-state index in [9.17, 15) is 4.79 Å². The zero-order chi connectivity index (χ0) is 13.7. The van der Waals surface area contributed by atoms with Crippen molar-refractivity contribution in [2.24, 2.45) is 11.8 Å². The summed E-state index contributed by atoms with van der Waals surface area (Å²) in [5, 5.41) is 15.8. The van der Waals surface area contributed by atoms with Crippen LogP contribution in [0.2, 0.25) is 0 Å². The second-order valence-corrected chi connectivity index (χ2v) is 6.23. The molecule has 0 spiro atoms. The van der Waals surface area contributed by atoms with Gasteiger partial charge in [-0.1, -0.05) is 25.2 Å². The predicted octanol–water partition coefficient (Wildman–Crippen LogP) is 2.06. The third kappa shape index (κ3) is 4.24. The maximum atomic E-state index is 12.0. The summed E-state index contributed by atoms with van der Waals surface area (Å²) in [6.07, 6.45) is 3.78. The first-order chi connectivity index (χ1) is 9.19. The summed E-state index contributed by atoms with van der Waals surface area (Å²) in [6, 6.07) is 0. The van der Waals surface area contributed by atoms with Gasteiger partial charge in [-0.05, 0) is 44.2 Å². The summed E-state index contributed by atoms with van der Waals surface area (Å²) in [7, 11) is 0. The third-order valence-corrected chi connectivity index (χ3v) is 4.69. The Morgan fingerprint density at radius 1 is 1.47 bits per heavy atom. The highest BCUT2D eigenvalue weighted by Gasteiger charge is 2.22. The molecule has 0 aromatic carbocycles. The number of nitrogens with zero attached hydrogens (tertiary/aromatic N) is 2. The lowest BCUT2D eigenvalue weighted by molar-refractivity contribution is -0.117. The van der Waals surface area contributed by atoms with Gasteiger partial charge < -0.3 is 10.6 Å². The maximum Gasteiger partial charge on any atom is 0.226 e. The quantitative estimate of drug-likeness (QED) is 0.867. The monoisotopic (exact) mass is 282 g/mol. The molecule has 1 aromatic rings. The van der Waals surface area contributed by atoms with E-state index in [1.165, 1.54) is 24.2 Å². The number of aromatic nitrogens is 2. The summed E-state index contributed by atoms with van der Waals surface area (Å²) in [5.41, 5.74) is 0. The van der Waals surface area contributed by atoms with Gasteiger partial charge in [0.1, 0.15) is 5.01 Å². The molecule has 1 aliphatic rings. The lowest BCUT2D eigenvalue weighted by Gasteiger charge is -2.27. The number of rotatable bonds is 5. The molecule has 0 aliphatic carbocycles. The molecule has 0 bridgehead atoms. The van der Waals surface area contributed by atoms with Gasteiger partial charge in [0.2, 0.25) is 11.0 Å². The van der Waals surface area contributed by atoms with Crippen LogP contribution in [0.5, 0.6) is 0 Å². The number of amides is 1. The van der Waals surface area contributed by atoms with Gasteiger partial charge in [-0.15, -0.1) is 10.2 Å². The van der Waals surface area contributed by atoms with E-state index >= 15 is 0 Å². The van der Waals surface area contributed by atoms with Crippen molar-refractivity contribution in [1.29, 1.82) is 0 Å². The Kier molecular flexibility index (Phi) is 5.27. The molecule has 106 valence electrons. The van der Waals surface area contributed by atoms with Crippen LogP contribution in [0.25, 0.3) is 0 Å². The molecule has 19 heavy (non-hydrogen) atoms. The van der Waals surface area contributed by atoms with Crippen molar-refractivity contribution in [3.05, 3.63) is 5.01 Å². The van der Waals surface area contributed by atoms with Crippen molar-refractivity contribution in [3.63, 3.8) is 0 Å². The molecular weight excluding hydrogens is 260 g/mol. The average Bonchev–Trinajstić information content (AvgIpc) is 2.87. The van der Waals surface area contributed by atoms with Gasteiger partial charge in [0, 0.05) is 6.42 Å². The van der Waals surface area contributed by atoms with Crippen LogP contribution in [0.3, 0.4) is 0 Å². The van der Waals surface area contributed by atoms with Crippen LogP contribution in [0.15, 0.2) is 0 Å². The first-order valence-corrected chi connectivity index (χ1v) is 7.83. The Balaban J connectivity index is 1.79.